The summed E-state index contributed by atoms with van der Waals surface area (Å²) in [4.78, 5) is 25.7. The molecular formula is C11H7Br2FN2O2. The van der Waals surface area contributed by atoms with Gasteiger partial charge >= 0.3 is 5.69 Å². The second kappa shape index (κ2) is 5.19. The smallest absolute Gasteiger partial charge is 0.313 e. The Labute approximate surface area is 118 Å². The molecule has 94 valence electrons. The second-order valence-corrected chi connectivity index (χ2v) is 5.34. The van der Waals surface area contributed by atoms with Crippen molar-refractivity contribution in [1.82, 2.24) is 9.55 Å². The van der Waals surface area contributed by atoms with Crippen molar-refractivity contribution in [2.75, 3.05) is 0 Å². The highest BCUT2D eigenvalue weighted by Gasteiger charge is 2.09. The van der Waals surface area contributed by atoms with Crippen LogP contribution in [0.2, 0.25) is 0 Å². The number of benzene rings is 1. The van der Waals surface area contributed by atoms with Crippen LogP contribution in [0.1, 0.15) is 5.56 Å². The lowest BCUT2D eigenvalue weighted by Crippen LogP contribution is -2.35. The number of hydrogen-bond donors (Lipinski definition) is 1. The van der Waals surface area contributed by atoms with Crippen molar-refractivity contribution in [3.63, 3.8) is 0 Å². The van der Waals surface area contributed by atoms with Crippen LogP contribution in [0.15, 0.2) is 42.9 Å². The maximum Gasteiger partial charge on any atom is 0.328 e. The van der Waals surface area contributed by atoms with E-state index >= 15 is 0 Å². The number of aromatic nitrogens is 2. The Morgan fingerprint density at radius 1 is 1.28 bits per heavy atom. The zero-order valence-electron chi connectivity index (χ0n) is 8.91. The summed E-state index contributed by atoms with van der Waals surface area (Å²) in [6, 6.07) is 4.45. The molecule has 0 aliphatic rings. The van der Waals surface area contributed by atoms with E-state index in [1.165, 1.54) is 18.3 Å². The minimum atomic E-state index is -0.578. The van der Waals surface area contributed by atoms with Crippen LogP contribution in [0.3, 0.4) is 0 Å². The first kappa shape index (κ1) is 13.2. The molecule has 0 unspecified atom stereocenters. The third kappa shape index (κ3) is 2.62. The van der Waals surface area contributed by atoms with Gasteiger partial charge in [-0.1, -0.05) is 22.0 Å². The van der Waals surface area contributed by atoms with Gasteiger partial charge in [0.1, 0.15) is 5.82 Å². The first-order valence-electron chi connectivity index (χ1n) is 4.91. The van der Waals surface area contributed by atoms with Gasteiger partial charge in [0.05, 0.1) is 11.0 Å². The average Bonchev–Trinajstić information content (AvgIpc) is 2.32. The topological polar surface area (TPSA) is 54.9 Å². The van der Waals surface area contributed by atoms with Crippen LogP contribution in [-0.4, -0.2) is 9.55 Å². The van der Waals surface area contributed by atoms with Crippen LogP contribution in [0.25, 0.3) is 0 Å². The molecule has 0 radical (unpaired) electrons. The monoisotopic (exact) mass is 376 g/mol. The molecule has 0 bridgehead atoms. The van der Waals surface area contributed by atoms with Crippen LogP contribution in [0, 0.1) is 5.82 Å². The molecule has 2 rings (SSSR count). The SMILES string of the molecule is O=c1[nH]cc(Br)c(=O)n1Cc1ccc(Br)cc1F. The third-order valence-corrected chi connectivity index (χ3v) is 3.42. The van der Waals surface area contributed by atoms with Crippen LogP contribution in [0.4, 0.5) is 4.39 Å². The van der Waals surface area contributed by atoms with Crippen molar-refractivity contribution in [1.29, 1.82) is 0 Å². The van der Waals surface area contributed by atoms with Gasteiger partial charge in [0.15, 0.2) is 0 Å². The van der Waals surface area contributed by atoms with E-state index in [4.69, 9.17) is 0 Å². The molecule has 2 aromatic rings. The summed E-state index contributed by atoms with van der Waals surface area (Å²) < 4.78 is 15.4. The van der Waals surface area contributed by atoms with Gasteiger partial charge in [0.25, 0.3) is 5.56 Å². The third-order valence-electron chi connectivity index (χ3n) is 2.36. The number of hydrogen-bond acceptors (Lipinski definition) is 2. The van der Waals surface area contributed by atoms with Crippen molar-refractivity contribution < 1.29 is 4.39 Å². The van der Waals surface area contributed by atoms with Gasteiger partial charge in [-0.3, -0.25) is 9.36 Å². The van der Waals surface area contributed by atoms with Crippen LogP contribution in [-0.2, 0) is 6.54 Å². The Morgan fingerprint density at radius 3 is 2.67 bits per heavy atom. The van der Waals surface area contributed by atoms with Gasteiger partial charge in [-0.05, 0) is 28.1 Å². The molecule has 0 saturated heterocycles. The lowest BCUT2D eigenvalue weighted by Gasteiger charge is -2.06. The largest absolute Gasteiger partial charge is 0.328 e. The molecule has 1 heterocycles. The van der Waals surface area contributed by atoms with Crippen molar-refractivity contribution in [2.45, 2.75) is 6.54 Å². The molecule has 0 aliphatic carbocycles. The van der Waals surface area contributed by atoms with E-state index in [0.29, 0.717) is 4.47 Å². The lowest BCUT2D eigenvalue weighted by molar-refractivity contribution is 0.587. The van der Waals surface area contributed by atoms with Crippen LogP contribution >= 0.6 is 31.9 Å². The summed E-state index contributed by atoms with van der Waals surface area (Å²) in [6.07, 6.45) is 1.26. The zero-order chi connectivity index (χ0) is 13.3. The highest BCUT2D eigenvalue weighted by molar-refractivity contribution is 9.10. The normalized spacial score (nSPS) is 10.6. The Morgan fingerprint density at radius 2 is 2.00 bits per heavy atom. The lowest BCUT2D eigenvalue weighted by atomic mass is 10.2. The molecule has 18 heavy (non-hydrogen) atoms. The minimum Gasteiger partial charge on any atom is -0.313 e. The van der Waals surface area contributed by atoms with Gasteiger partial charge in [-0.15, -0.1) is 0 Å². The zero-order valence-corrected chi connectivity index (χ0v) is 12.1. The maximum absolute atomic E-state index is 13.6. The van der Waals surface area contributed by atoms with E-state index in [9.17, 15) is 14.0 Å². The molecule has 0 spiro atoms. The summed E-state index contributed by atoms with van der Waals surface area (Å²) in [5, 5.41) is 0. The maximum atomic E-state index is 13.6. The van der Waals surface area contributed by atoms with E-state index in [2.05, 4.69) is 36.8 Å². The number of nitrogens with zero attached hydrogens (tertiary/aromatic N) is 1. The molecule has 7 heteroatoms. The molecule has 0 saturated carbocycles. The van der Waals surface area contributed by atoms with E-state index in [1.54, 1.807) is 6.07 Å². The van der Waals surface area contributed by atoms with E-state index in [0.717, 1.165) is 4.57 Å². The van der Waals surface area contributed by atoms with Gasteiger partial charge in [0, 0.05) is 16.2 Å². The number of aromatic amines is 1. The molecule has 1 N–H and O–H groups in total. The number of halogens is 3. The van der Waals surface area contributed by atoms with Crippen LogP contribution < -0.4 is 11.2 Å². The Bertz CT molecular complexity index is 709. The van der Waals surface area contributed by atoms with Gasteiger partial charge in [0.2, 0.25) is 0 Å². The van der Waals surface area contributed by atoms with Gasteiger partial charge in [-0.25, -0.2) is 9.18 Å². The predicted molar refractivity (Wildman–Crippen MR) is 72.2 cm³/mol. The van der Waals surface area contributed by atoms with E-state index in [-0.39, 0.29) is 16.6 Å². The van der Waals surface area contributed by atoms with Crippen molar-refractivity contribution in [3.05, 3.63) is 65.6 Å². The Hall–Kier alpha value is -1.21. The van der Waals surface area contributed by atoms with Crippen LogP contribution in [0.5, 0.6) is 0 Å². The summed E-state index contributed by atoms with van der Waals surface area (Å²) in [6.45, 7) is -0.118. The molecule has 0 aliphatic heterocycles. The number of nitrogens with one attached hydrogen (secondary N) is 1. The average molecular weight is 378 g/mol. The molecule has 0 fully saturated rings. The fraction of sp³-hybridized carbons (Fsp3) is 0.0909. The summed E-state index contributed by atoms with van der Waals surface area (Å²) >= 11 is 6.16. The van der Waals surface area contributed by atoms with E-state index < -0.39 is 17.1 Å². The first-order valence-corrected chi connectivity index (χ1v) is 6.49. The molecule has 0 amide bonds. The fourth-order valence-corrected chi connectivity index (χ4v) is 2.11. The van der Waals surface area contributed by atoms with E-state index in [1.807, 2.05) is 0 Å². The molecule has 1 aromatic heterocycles. The summed E-state index contributed by atoms with van der Waals surface area (Å²) in [5.74, 6) is -0.476. The summed E-state index contributed by atoms with van der Waals surface area (Å²) in [7, 11) is 0. The second-order valence-electron chi connectivity index (χ2n) is 3.57. The predicted octanol–water partition coefficient (Wildman–Crippen LogP) is 2.25. The molecular weight excluding hydrogens is 371 g/mol. The van der Waals surface area contributed by atoms with Crippen molar-refractivity contribution in [3.8, 4) is 0 Å². The number of rotatable bonds is 2. The Kier molecular flexibility index (Phi) is 3.82. The molecule has 1 aromatic carbocycles. The quantitative estimate of drug-likeness (QED) is 0.872. The number of H-pyrrole nitrogens is 1. The van der Waals surface area contributed by atoms with Gasteiger partial charge < -0.3 is 4.98 Å². The minimum absolute atomic E-state index is 0.118. The fourth-order valence-electron chi connectivity index (χ4n) is 1.45. The van der Waals surface area contributed by atoms with Crippen molar-refractivity contribution in [2.24, 2.45) is 0 Å². The van der Waals surface area contributed by atoms with Crippen molar-refractivity contribution >= 4 is 31.9 Å². The highest BCUT2D eigenvalue weighted by Crippen LogP contribution is 2.15. The van der Waals surface area contributed by atoms with Gasteiger partial charge in [-0.2, -0.15) is 0 Å². The standard InChI is InChI=1S/C11H7Br2FN2O2/c12-7-2-1-6(9(14)3-7)5-16-10(17)8(13)4-15-11(16)18/h1-4H,5H2,(H,15,18). The summed E-state index contributed by atoms with van der Waals surface area (Å²) in [5.41, 5.74) is -0.810. The first-order chi connectivity index (χ1) is 8.49. The Balaban J connectivity index is 2.50. The molecule has 4 nitrogen and oxygen atoms in total. The molecule has 0 atom stereocenters. The highest BCUT2D eigenvalue weighted by atomic mass is 79.9.